The van der Waals surface area contributed by atoms with Gasteiger partial charge in [-0.3, -0.25) is 0 Å². The van der Waals surface area contributed by atoms with E-state index in [1.165, 1.54) is 0 Å². The van der Waals surface area contributed by atoms with Crippen LogP contribution in [0.2, 0.25) is 0 Å². The second kappa shape index (κ2) is 3.09. The third-order valence-electron chi connectivity index (χ3n) is 1.13. The first kappa shape index (κ1) is 9.54. The van der Waals surface area contributed by atoms with Crippen LogP contribution in [0.5, 0.6) is 0 Å². The molecule has 0 fully saturated rings. The third kappa shape index (κ3) is 3.29. The molecule has 0 amide bonds. The Morgan fingerprint density at radius 2 is 1.56 bits per heavy atom. The van der Waals surface area contributed by atoms with E-state index in [9.17, 15) is 5.11 Å². The van der Waals surface area contributed by atoms with Gasteiger partial charge in [-0.1, -0.05) is 20.8 Å². The summed E-state index contributed by atoms with van der Waals surface area (Å²) < 4.78 is 0. The van der Waals surface area contributed by atoms with Crippen LogP contribution in [0.15, 0.2) is 0 Å². The Morgan fingerprint density at radius 1 is 1.22 bits per heavy atom. The molecule has 0 heterocycles. The summed E-state index contributed by atoms with van der Waals surface area (Å²) in [6, 6.07) is 0. The third-order valence-corrected chi connectivity index (χ3v) is 1.60. The zero-order valence-corrected chi connectivity index (χ0v) is 7.37. The average molecular weight is 171 g/mol. The van der Waals surface area contributed by atoms with E-state index in [1.54, 1.807) is 0 Å². The predicted molar refractivity (Wildman–Crippen MR) is 41.0 cm³/mol. The van der Waals surface area contributed by atoms with E-state index in [0.717, 1.165) is 0 Å². The van der Waals surface area contributed by atoms with Crippen LogP contribution in [0, 0.1) is 5.41 Å². The minimum Gasteiger partial charge on any atom is -0.390 e. The second-order valence-corrected chi connectivity index (χ2v) is 4.31. The van der Waals surface area contributed by atoms with Gasteiger partial charge in [0.15, 0.2) is 0 Å². The molecular weight excluding hydrogens is 159 g/mol. The molecule has 0 radical (unpaired) electrons. The van der Waals surface area contributed by atoms with Crippen LogP contribution < -0.4 is 0 Å². The molecule has 0 spiro atoms. The van der Waals surface area contributed by atoms with E-state index in [2.05, 4.69) is 0 Å². The first-order valence-corrected chi connectivity index (χ1v) is 3.69. The van der Waals surface area contributed by atoms with Crippen molar-refractivity contribution in [2.75, 3.05) is 0 Å². The van der Waals surface area contributed by atoms with Crippen molar-refractivity contribution in [3.05, 3.63) is 0 Å². The van der Waals surface area contributed by atoms with E-state index in [-0.39, 0.29) is 5.41 Å². The van der Waals surface area contributed by atoms with Crippen molar-refractivity contribution in [3.63, 3.8) is 0 Å². The number of aliphatic hydroxyl groups is 1. The number of hydrogen-bond acceptors (Lipinski definition) is 1. The van der Waals surface area contributed by atoms with Crippen LogP contribution in [-0.2, 0) is 0 Å². The molecule has 0 aliphatic rings. The van der Waals surface area contributed by atoms with Gasteiger partial charge in [-0.05, 0) is 5.41 Å². The fourth-order valence-electron chi connectivity index (χ4n) is 0.378. The van der Waals surface area contributed by atoms with Gasteiger partial charge in [-0.15, -0.1) is 23.2 Å². The molecule has 3 heteroatoms. The SMILES string of the molecule is CC(C)(C)C(O)C(Cl)Cl. The Bertz CT molecular complexity index is 85.5. The van der Waals surface area contributed by atoms with Crippen molar-refractivity contribution < 1.29 is 5.11 Å². The van der Waals surface area contributed by atoms with Crippen molar-refractivity contribution >= 4 is 23.2 Å². The van der Waals surface area contributed by atoms with Gasteiger partial charge in [0.2, 0.25) is 0 Å². The fraction of sp³-hybridized carbons (Fsp3) is 1.00. The fourth-order valence-corrected chi connectivity index (χ4v) is 1.13. The van der Waals surface area contributed by atoms with Crippen LogP contribution in [0.3, 0.4) is 0 Å². The quantitative estimate of drug-likeness (QED) is 0.599. The monoisotopic (exact) mass is 170 g/mol. The first-order chi connectivity index (χ1) is 3.85. The van der Waals surface area contributed by atoms with Crippen molar-refractivity contribution in [2.24, 2.45) is 5.41 Å². The smallest absolute Gasteiger partial charge is 0.134 e. The van der Waals surface area contributed by atoms with E-state index >= 15 is 0 Å². The summed E-state index contributed by atoms with van der Waals surface area (Å²) in [4.78, 5) is -0.690. The van der Waals surface area contributed by atoms with Crippen molar-refractivity contribution in [1.82, 2.24) is 0 Å². The maximum absolute atomic E-state index is 9.20. The number of aliphatic hydroxyl groups excluding tert-OH is 1. The molecule has 0 rings (SSSR count). The van der Waals surface area contributed by atoms with Gasteiger partial charge in [0.1, 0.15) is 4.84 Å². The highest BCUT2D eigenvalue weighted by atomic mass is 35.5. The number of rotatable bonds is 1. The number of hydrogen-bond donors (Lipinski definition) is 1. The summed E-state index contributed by atoms with van der Waals surface area (Å²) in [7, 11) is 0. The van der Waals surface area contributed by atoms with Gasteiger partial charge < -0.3 is 5.11 Å². The highest BCUT2D eigenvalue weighted by Crippen LogP contribution is 2.26. The minimum absolute atomic E-state index is 0.228. The van der Waals surface area contributed by atoms with E-state index in [0.29, 0.717) is 0 Å². The first-order valence-electron chi connectivity index (χ1n) is 2.82. The average Bonchev–Trinajstić information content (AvgIpc) is 1.62. The lowest BCUT2D eigenvalue weighted by Crippen LogP contribution is -2.31. The van der Waals surface area contributed by atoms with Crippen molar-refractivity contribution in [1.29, 1.82) is 0 Å². The molecule has 1 atom stereocenters. The lowest BCUT2D eigenvalue weighted by atomic mass is 9.90. The summed E-state index contributed by atoms with van der Waals surface area (Å²) in [6.07, 6.45) is -0.652. The molecule has 0 saturated heterocycles. The molecule has 0 aliphatic heterocycles. The molecule has 0 aliphatic carbocycles. The molecule has 1 unspecified atom stereocenters. The van der Waals surface area contributed by atoms with Gasteiger partial charge in [0, 0.05) is 0 Å². The highest BCUT2D eigenvalue weighted by molar-refractivity contribution is 6.44. The molecule has 0 aromatic rings. The summed E-state index contributed by atoms with van der Waals surface area (Å²) in [6.45, 7) is 5.65. The molecule has 1 N–H and O–H groups in total. The molecule has 56 valence electrons. The lowest BCUT2D eigenvalue weighted by molar-refractivity contribution is 0.0750. The number of halogens is 2. The predicted octanol–water partition coefficient (Wildman–Crippen LogP) is 2.20. The Kier molecular flexibility index (Phi) is 3.27. The summed E-state index contributed by atoms with van der Waals surface area (Å²) >= 11 is 10.9. The van der Waals surface area contributed by atoms with Gasteiger partial charge in [-0.25, -0.2) is 0 Å². The van der Waals surface area contributed by atoms with Gasteiger partial charge in [0.25, 0.3) is 0 Å². The number of alkyl halides is 2. The molecular formula is C6H12Cl2O. The standard InChI is InChI=1S/C6H12Cl2O/c1-6(2,3)4(9)5(7)8/h4-5,9H,1-3H3. The van der Waals surface area contributed by atoms with Gasteiger partial charge in [0.05, 0.1) is 6.10 Å². The second-order valence-electron chi connectivity index (χ2n) is 3.15. The maximum atomic E-state index is 9.20. The summed E-state index contributed by atoms with van der Waals surface area (Å²) in [5.41, 5.74) is -0.228. The van der Waals surface area contributed by atoms with Crippen LogP contribution in [0.1, 0.15) is 20.8 Å². The Labute approximate surface area is 66.0 Å². The van der Waals surface area contributed by atoms with Gasteiger partial charge in [-0.2, -0.15) is 0 Å². The van der Waals surface area contributed by atoms with Crippen molar-refractivity contribution in [2.45, 2.75) is 31.7 Å². The molecule has 0 aromatic carbocycles. The lowest BCUT2D eigenvalue weighted by Gasteiger charge is -2.26. The summed E-state index contributed by atoms with van der Waals surface area (Å²) in [5.74, 6) is 0. The van der Waals surface area contributed by atoms with Crippen LogP contribution in [-0.4, -0.2) is 16.0 Å². The Morgan fingerprint density at radius 3 is 1.56 bits per heavy atom. The van der Waals surface area contributed by atoms with E-state index in [1.807, 2.05) is 20.8 Å². The maximum Gasteiger partial charge on any atom is 0.134 e. The van der Waals surface area contributed by atoms with Gasteiger partial charge >= 0.3 is 0 Å². The van der Waals surface area contributed by atoms with E-state index in [4.69, 9.17) is 23.2 Å². The normalized spacial score (nSPS) is 16.3. The topological polar surface area (TPSA) is 20.2 Å². The van der Waals surface area contributed by atoms with E-state index < -0.39 is 10.9 Å². The Hall–Kier alpha value is 0.540. The molecule has 0 bridgehead atoms. The van der Waals surface area contributed by atoms with Crippen molar-refractivity contribution in [3.8, 4) is 0 Å². The molecule has 0 saturated carbocycles. The zero-order valence-electron chi connectivity index (χ0n) is 5.86. The highest BCUT2D eigenvalue weighted by Gasteiger charge is 2.27. The zero-order chi connectivity index (χ0) is 7.65. The van der Waals surface area contributed by atoms with Crippen LogP contribution in [0.25, 0.3) is 0 Å². The van der Waals surface area contributed by atoms with Crippen LogP contribution in [0.4, 0.5) is 0 Å². The molecule has 9 heavy (non-hydrogen) atoms. The molecule has 1 nitrogen and oxygen atoms in total. The Balaban J connectivity index is 3.88. The minimum atomic E-state index is -0.690. The largest absolute Gasteiger partial charge is 0.390 e. The summed E-state index contributed by atoms with van der Waals surface area (Å²) in [5, 5.41) is 9.20. The molecule has 0 aromatic heterocycles. The van der Waals surface area contributed by atoms with Crippen LogP contribution >= 0.6 is 23.2 Å².